The van der Waals surface area contributed by atoms with Crippen LogP contribution in [0.5, 0.6) is 0 Å². The summed E-state index contributed by atoms with van der Waals surface area (Å²) in [5, 5.41) is 8.36. The summed E-state index contributed by atoms with van der Waals surface area (Å²) in [7, 11) is 1.85. The number of halogens is 4. The van der Waals surface area contributed by atoms with Crippen LogP contribution < -0.4 is 16.2 Å². The highest BCUT2D eigenvalue weighted by atomic mass is 19.4. The number of anilines is 1. The van der Waals surface area contributed by atoms with Gasteiger partial charge in [0.2, 0.25) is 0 Å². The van der Waals surface area contributed by atoms with Gasteiger partial charge in [-0.15, -0.1) is 10.2 Å². The molecule has 2 heterocycles. The fourth-order valence-electron chi connectivity index (χ4n) is 5.47. The van der Waals surface area contributed by atoms with Crippen molar-refractivity contribution in [3.8, 4) is 0 Å². The molecule has 1 amide bonds. The Labute approximate surface area is 222 Å². The molecule has 13 heteroatoms. The van der Waals surface area contributed by atoms with Crippen molar-refractivity contribution in [1.29, 1.82) is 0 Å². The largest absolute Gasteiger partial charge is 0.406 e. The third-order valence-corrected chi connectivity index (χ3v) is 6.92. The van der Waals surface area contributed by atoms with Crippen molar-refractivity contribution in [2.75, 3.05) is 11.4 Å². The Morgan fingerprint density at radius 1 is 1.28 bits per heavy atom. The molecule has 210 valence electrons. The Kier molecular flexibility index (Phi) is 7.55. The summed E-state index contributed by atoms with van der Waals surface area (Å²) in [6, 6.07) is 4.82. The highest BCUT2D eigenvalue weighted by Crippen LogP contribution is 2.52. The zero-order valence-corrected chi connectivity index (χ0v) is 22.2. The van der Waals surface area contributed by atoms with Crippen molar-refractivity contribution >= 4 is 11.6 Å². The van der Waals surface area contributed by atoms with Gasteiger partial charge < -0.3 is 19.8 Å². The molecular weight excluding hydrogens is 518 g/mol. The molecule has 0 unspecified atom stereocenters. The topological polar surface area (TPSA) is 112 Å². The van der Waals surface area contributed by atoms with Crippen LogP contribution in [0.3, 0.4) is 0 Å². The molecule has 3 aromatic rings. The van der Waals surface area contributed by atoms with Gasteiger partial charge in [0, 0.05) is 19.8 Å². The van der Waals surface area contributed by atoms with E-state index < -0.39 is 41.1 Å². The smallest absolute Gasteiger partial charge is 0.364 e. The summed E-state index contributed by atoms with van der Waals surface area (Å²) in [5.74, 6) is -0.556. The lowest BCUT2D eigenvalue weighted by molar-refractivity contribution is -0.141. The van der Waals surface area contributed by atoms with Crippen LogP contribution in [0.4, 0.5) is 23.2 Å². The molecule has 0 spiro atoms. The SMILES string of the molecule is CC(C)CN(Cc1cn(CC(F)(F)F)c(=O)c(C(N)=O)n1)c1cc(C2(c3nncn3C)CC(C)C2)ccc1F. The number of amides is 1. The molecule has 0 bridgehead atoms. The van der Waals surface area contributed by atoms with Crippen molar-refractivity contribution in [3.63, 3.8) is 0 Å². The third kappa shape index (κ3) is 5.81. The fraction of sp³-hybridized carbons (Fsp3) is 0.500. The number of nitrogens with zero attached hydrogens (tertiary/aromatic N) is 6. The monoisotopic (exact) mass is 549 g/mol. The zero-order valence-electron chi connectivity index (χ0n) is 22.2. The summed E-state index contributed by atoms with van der Waals surface area (Å²) in [4.78, 5) is 29.8. The maximum atomic E-state index is 15.4. The number of aromatic nitrogens is 5. The predicted octanol–water partition coefficient (Wildman–Crippen LogP) is 3.55. The summed E-state index contributed by atoms with van der Waals surface area (Å²) in [5.41, 5.74) is 3.76. The van der Waals surface area contributed by atoms with Gasteiger partial charge in [-0.1, -0.05) is 26.8 Å². The van der Waals surface area contributed by atoms with E-state index in [9.17, 15) is 22.8 Å². The van der Waals surface area contributed by atoms with Gasteiger partial charge in [0.05, 0.1) is 23.3 Å². The highest BCUT2D eigenvalue weighted by Gasteiger charge is 2.48. The van der Waals surface area contributed by atoms with Gasteiger partial charge in [-0.25, -0.2) is 9.37 Å². The quantitative estimate of drug-likeness (QED) is 0.409. The van der Waals surface area contributed by atoms with Crippen LogP contribution in [0.2, 0.25) is 0 Å². The van der Waals surface area contributed by atoms with Crippen LogP contribution in [-0.2, 0) is 25.6 Å². The number of rotatable bonds is 9. The van der Waals surface area contributed by atoms with Crippen LogP contribution in [0.15, 0.2) is 35.5 Å². The van der Waals surface area contributed by atoms with Crippen molar-refractivity contribution in [3.05, 3.63) is 69.7 Å². The predicted molar refractivity (Wildman–Crippen MR) is 136 cm³/mol. The number of carbonyl (C=O) groups excluding carboxylic acids is 1. The van der Waals surface area contributed by atoms with Gasteiger partial charge in [-0.05, 0) is 42.4 Å². The lowest BCUT2D eigenvalue weighted by atomic mass is 9.58. The van der Waals surface area contributed by atoms with E-state index in [2.05, 4.69) is 22.1 Å². The number of aryl methyl sites for hydroxylation is 1. The molecule has 9 nitrogen and oxygen atoms in total. The van der Waals surface area contributed by atoms with E-state index in [1.807, 2.05) is 25.5 Å². The summed E-state index contributed by atoms with van der Waals surface area (Å²) >= 11 is 0. The minimum atomic E-state index is -4.72. The number of carbonyl (C=O) groups is 1. The standard InChI is InChI=1S/C26H31F4N7O2/c1-15(2)10-36(11-18-12-37(13-26(28,29)30)23(39)21(33-18)22(31)38)20-7-17(5-6-19(20)27)25(8-16(3)9-25)24-34-32-14-35(24)4/h5-7,12,14-16H,8-11,13H2,1-4H3,(H2,31,38). The molecule has 4 rings (SSSR count). The van der Waals surface area contributed by atoms with Gasteiger partial charge in [0.1, 0.15) is 24.5 Å². The van der Waals surface area contributed by atoms with Crippen LogP contribution in [-0.4, -0.2) is 42.9 Å². The average Bonchev–Trinajstić information content (AvgIpc) is 3.23. The lowest BCUT2D eigenvalue weighted by Gasteiger charge is -2.46. The van der Waals surface area contributed by atoms with Crippen LogP contribution in [0, 0.1) is 17.7 Å². The molecular formula is C26H31F4N7O2. The number of hydrogen-bond acceptors (Lipinski definition) is 6. The molecule has 0 radical (unpaired) electrons. The van der Waals surface area contributed by atoms with Gasteiger partial charge >= 0.3 is 6.18 Å². The first-order chi connectivity index (χ1) is 18.2. The lowest BCUT2D eigenvalue weighted by Crippen LogP contribution is -2.43. The third-order valence-electron chi connectivity index (χ3n) is 6.92. The van der Waals surface area contributed by atoms with Crippen LogP contribution in [0.1, 0.15) is 61.2 Å². The molecule has 0 saturated heterocycles. The first-order valence-electron chi connectivity index (χ1n) is 12.6. The second-order valence-electron chi connectivity index (χ2n) is 10.8. The van der Waals surface area contributed by atoms with Crippen molar-refractivity contribution < 1.29 is 22.4 Å². The number of hydrogen-bond donors (Lipinski definition) is 1. The molecule has 2 aromatic heterocycles. The Bertz CT molecular complexity index is 1420. The summed E-state index contributed by atoms with van der Waals surface area (Å²) < 4.78 is 57.0. The normalized spacial score (nSPS) is 19.3. The Morgan fingerprint density at radius 2 is 1.97 bits per heavy atom. The van der Waals surface area contributed by atoms with E-state index in [0.29, 0.717) is 17.0 Å². The summed E-state index contributed by atoms with van der Waals surface area (Å²) in [6.07, 6.45) is -0.579. The van der Waals surface area contributed by atoms with Gasteiger partial charge in [0.15, 0.2) is 5.69 Å². The minimum Gasteiger partial charge on any atom is -0.364 e. The molecule has 2 N–H and O–H groups in total. The Hall–Kier alpha value is -3.77. The Balaban J connectivity index is 1.79. The molecule has 1 fully saturated rings. The average molecular weight is 550 g/mol. The molecule has 1 aliphatic carbocycles. The minimum absolute atomic E-state index is 0.0289. The number of alkyl halides is 3. The van der Waals surface area contributed by atoms with E-state index in [1.165, 1.54) is 6.07 Å². The van der Waals surface area contributed by atoms with Gasteiger partial charge in [0.25, 0.3) is 11.5 Å². The molecule has 1 aliphatic rings. The van der Waals surface area contributed by atoms with Crippen LogP contribution >= 0.6 is 0 Å². The van der Waals surface area contributed by atoms with Crippen molar-refractivity contribution in [1.82, 2.24) is 24.3 Å². The molecule has 0 aliphatic heterocycles. The highest BCUT2D eigenvalue weighted by molar-refractivity contribution is 5.90. The molecule has 1 saturated carbocycles. The van der Waals surface area contributed by atoms with Crippen LogP contribution in [0.25, 0.3) is 0 Å². The number of benzene rings is 1. The Morgan fingerprint density at radius 3 is 2.51 bits per heavy atom. The maximum absolute atomic E-state index is 15.4. The second-order valence-corrected chi connectivity index (χ2v) is 10.8. The van der Waals surface area contributed by atoms with E-state index >= 15 is 4.39 Å². The molecule has 0 atom stereocenters. The molecule has 39 heavy (non-hydrogen) atoms. The maximum Gasteiger partial charge on any atom is 0.406 e. The van der Waals surface area contributed by atoms with E-state index in [1.54, 1.807) is 23.4 Å². The summed E-state index contributed by atoms with van der Waals surface area (Å²) in [6.45, 7) is 4.49. The van der Waals surface area contributed by atoms with E-state index in [4.69, 9.17) is 5.73 Å². The van der Waals surface area contributed by atoms with E-state index in [-0.39, 0.29) is 23.8 Å². The first kappa shape index (κ1) is 28.2. The number of nitrogens with two attached hydrogens (primary N) is 1. The second kappa shape index (κ2) is 10.4. The first-order valence-corrected chi connectivity index (χ1v) is 12.6. The van der Waals surface area contributed by atoms with Gasteiger partial charge in [-0.2, -0.15) is 13.2 Å². The fourth-order valence-corrected chi connectivity index (χ4v) is 5.47. The number of primary amides is 1. The van der Waals surface area contributed by atoms with Crippen molar-refractivity contribution in [2.24, 2.45) is 24.6 Å². The zero-order chi connectivity index (χ0) is 28.7. The van der Waals surface area contributed by atoms with Crippen molar-refractivity contribution in [2.45, 2.75) is 58.3 Å². The molecule has 1 aromatic carbocycles. The van der Waals surface area contributed by atoms with E-state index in [0.717, 1.165) is 30.4 Å². The van der Waals surface area contributed by atoms with Gasteiger partial charge in [-0.3, -0.25) is 9.59 Å².